The molecular formula is C11H16O. The number of hydrogen-bond donors (Lipinski definition) is 0. The second kappa shape index (κ2) is 2.21. The minimum Gasteiger partial charge on any atom is -0.299 e. The lowest BCUT2D eigenvalue weighted by atomic mass is 9.45. The van der Waals surface area contributed by atoms with Crippen LogP contribution in [-0.2, 0) is 4.79 Å². The molecule has 2 aliphatic rings. The molecule has 0 aromatic heterocycles. The van der Waals surface area contributed by atoms with Crippen molar-refractivity contribution in [1.29, 1.82) is 0 Å². The molecule has 0 heterocycles. The lowest BCUT2D eigenvalue weighted by Gasteiger charge is -2.58. The number of allylic oxidation sites excluding steroid dienone is 2. The van der Waals surface area contributed by atoms with Gasteiger partial charge in [0.1, 0.15) is 5.78 Å². The number of fused-ring (bicyclic) bond motifs is 1. The summed E-state index contributed by atoms with van der Waals surface area (Å²) in [6.07, 6.45) is 8.86. The fraction of sp³-hybridized carbons (Fsp3) is 0.727. The van der Waals surface area contributed by atoms with Crippen molar-refractivity contribution in [2.45, 2.75) is 39.5 Å². The van der Waals surface area contributed by atoms with E-state index in [4.69, 9.17) is 0 Å². The molecule has 66 valence electrons. The molecule has 2 aliphatic carbocycles. The number of carbonyl (C=O) groups excluding carboxylic acids is 1. The molecule has 1 saturated carbocycles. The Balaban J connectivity index is 2.36. The van der Waals surface area contributed by atoms with Gasteiger partial charge in [-0.3, -0.25) is 4.79 Å². The summed E-state index contributed by atoms with van der Waals surface area (Å²) >= 11 is 0. The van der Waals surface area contributed by atoms with Crippen molar-refractivity contribution in [3.05, 3.63) is 12.2 Å². The van der Waals surface area contributed by atoms with Gasteiger partial charge in [-0.05, 0) is 38.0 Å². The van der Waals surface area contributed by atoms with Gasteiger partial charge in [0.25, 0.3) is 0 Å². The largest absolute Gasteiger partial charge is 0.299 e. The van der Waals surface area contributed by atoms with Crippen molar-refractivity contribution in [1.82, 2.24) is 0 Å². The normalized spacial score (nSPS) is 44.8. The first kappa shape index (κ1) is 8.03. The van der Waals surface area contributed by atoms with Crippen molar-refractivity contribution in [2.24, 2.45) is 10.8 Å². The second-order valence-corrected chi connectivity index (χ2v) is 4.58. The van der Waals surface area contributed by atoms with E-state index in [9.17, 15) is 4.79 Å². The lowest BCUT2D eigenvalue weighted by Crippen LogP contribution is -2.54. The number of hydrogen-bond acceptors (Lipinski definition) is 1. The van der Waals surface area contributed by atoms with Crippen molar-refractivity contribution < 1.29 is 4.79 Å². The summed E-state index contributed by atoms with van der Waals surface area (Å²) in [4.78, 5) is 11.6. The van der Waals surface area contributed by atoms with Crippen LogP contribution >= 0.6 is 0 Å². The molecule has 0 N–H and O–H groups in total. The molecule has 1 nitrogen and oxygen atoms in total. The van der Waals surface area contributed by atoms with Gasteiger partial charge in [-0.1, -0.05) is 19.1 Å². The first-order valence-corrected chi connectivity index (χ1v) is 4.77. The van der Waals surface area contributed by atoms with E-state index in [2.05, 4.69) is 19.1 Å². The zero-order chi connectivity index (χ0) is 8.82. The van der Waals surface area contributed by atoms with Gasteiger partial charge in [-0.25, -0.2) is 0 Å². The highest BCUT2D eigenvalue weighted by Gasteiger charge is 2.58. The van der Waals surface area contributed by atoms with E-state index in [1.165, 1.54) is 6.42 Å². The monoisotopic (exact) mass is 164 g/mol. The number of Topliss-reactive ketones (excluding diaryl/α,β-unsaturated/α-hetero) is 1. The Morgan fingerprint density at radius 2 is 1.92 bits per heavy atom. The van der Waals surface area contributed by atoms with Crippen LogP contribution in [0, 0.1) is 10.8 Å². The van der Waals surface area contributed by atoms with E-state index in [0.717, 1.165) is 19.3 Å². The van der Waals surface area contributed by atoms with Crippen LogP contribution < -0.4 is 0 Å². The van der Waals surface area contributed by atoms with Gasteiger partial charge in [0.15, 0.2) is 0 Å². The quantitative estimate of drug-likeness (QED) is 0.544. The molecule has 0 aliphatic heterocycles. The van der Waals surface area contributed by atoms with Gasteiger partial charge in [-0.15, -0.1) is 0 Å². The van der Waals surface area contributed by atoms with Crippen LogP contribution in [-0.4, -0.2) is 5.78 Å². The molecule has 1 fully saturated rings. The molecule has 0 saturated heterocycles. The Bertz CT molecular complexity index is 254. The van der Waals surface area contributed by atoms with Crippen molar-refractivity contribution in [3.8, 4) is 0 Å². The maximum absolute atomic E-state index is 11.6. The Morgan fingerprint density at radius 1 is 1.25 bits per heavy atom. The van der Waals surface area contributed by atoms with Gasteiger partial charge < -0.3 is 0 Å². The first-order valence-electron chi connectivity index (χ1n) is 4.77. The summed E-state index contributed by atoms with van der Waals surface area (Å²) in [7, 11) is 0. The van der Waals surface area contributed by atoms with Crippen molar-refractivity contribution in [3.63, 3.8) is 0 Å². The Kier molecular flexibility index (Phi) is 1.48. The Labute approximate surface area is 73.8 Å². The highest BCUT2D eigenvalue weighted by Crippen LogP contribution is 2.63. The molecule has 0 bridgehead atoms. The third-order valence-corrected chi connectivity index (χ3v) is 4.13. The van der Waals surface area contributed by atoms with Gasteiger partial charge in [0.2, 0.25) is 0 Å². The van der Waals surface area contributed by atoms with Crippen molar-refractivity contribution in [2.75, 3.05) is 0 Å². The minimum atomic E-state index is 0.0295. The van der Waals surface area contributed by atoms with Crippen LogP contribution in [0.4, 0.5) is 0 Å². The SMILES string of the molecule is CC(=O)C12CC=CCC1(C)CC2. The van der Waals surface area contributed by atoms with Crippen LogP contribution in [0.1, 0.15) is 39.5 Å². The predicted octanol–water partition coefficient (Wildman–Crippen LogP) is 2.71. The third-order valence-electron chi connectivity index (χ3n) is 4.13. The van der Waals surface area contributed by atoms with E-state index in [1.54, 1.807) is 6.92 Å². The summed E-state index contributed by atoms with van der Waals surface area (Å²) in [5.41, 5.74) is 0.329. The molecule has 0 aromatic rings. The van der Waals surface area contributed by atoms with Crippen LogP contribution in [0.3, 0.4) is 0 Å². The molecular weight excluding hydrogens is 148 g/mol. The van der Waals surface area contributed by atoms with E-state index >= 15 is 0 Å². The average Bonchev–Trinajstić information content (AvgIpc) is 1.99. The number of ketones is 1. The van der Waals surface area contributed by atoms with Gasteiger partial charge in [-0.2, -0.15) is 0 Å². The molecule has 0 radical (unpaired) electrons. The summed E-state index contributed by atoms with van der Waals surface area (Å²) < 4.78 is 0. The molecule has 2 rings (SSSR count). The summed E-state index contributed by atoms with van der Waals surface area (Å²) in [6.45, 7) is 4.03. The molecule has 2 unspecified atom stereocenters. The Hall–Kier alpha value is -0.590. The van der Waals surface area contributed by atoms with Crippen molar-refractivity contribution >= 4 is 5.78 Å². The van der Waals surface area contributed by atoms with Crippen LogP contribution in [0.25, 0.3) is 0 Å². The van der Waals surface area contributed by atoms with Gasteiger partial charge in [0.05, 0.1) is 0 Å². The van der Waals surface area contributed by atoms with E-state index in [0.29, 0.717) is 11.2 Å². The van der Waals surface area contributed by atoms with E-state index in [1.807, 2.05) is 0 Å². The smallest absolute Gasteiger partial charge is 0.136 e. The topological polar surface area (TPSA) is 17.1 Å². The number of carbonyl (C=O) groups is 1. The summed E-state index contributed by atoms with van der Waals surface area (Å²) in [5, 5.41) is 0. The zero-order valence-electron chi connectivity index (χ0n) is 7.89. The van der Waals surface area contributed by atoms with Gasteiger partial charge in [0, 0.05) is 5.41 Å². The standard InChI is InChI=1S/C11H16O/c1-9(12)11-6-4-3-5-10(11,2)7-8-11/h3-4H,5-8H2,1-2H3. The highest BCUT2D eigenvalue weighted by atomic mass is 16.1. The second-order valence-electron chi connectivity index (χ2n) is 4.58. The molecule has 12 heavy (non-hydrogen) atoms. The molecule has 2 atom stereocenters. The minimum absolute atomic E-state index is 0.0295. The highest BCUT2D eigenvalue weighted by molar-refractivity contribution is 5.85. The molecule has 1 heteroatoms. The molecule has 0 amide bonds. The fourth-order valence-electron chi connectivity index (χ4n) is 2.87. The van der Waals surface area contributed by atoms with Crippen LogP contribution in [0.2, 0.25) is 0 Å². The Morgan fingerprint density at radius 3 is 2.25 bits per heavy atom. The lowest BCUT2D eigenvalue weighted by molar-refractivity contribution is -0.149. The first-order chi connectivity index (χ1) is 5.61. The molecule has 0 aromatic carbocycles. The number of rotatable bonds is 1. The third kappa shape index (κ3) is 0.720. The average molecular weight is 164 g/mol. The zero-order valence-corrected chi connectivity index (χ0v) is 7.89. The fourth-order valence-corrected chi connectivity index (χ4v) is 2.87. The predicted molar refractivity (Wildman–Crippen MR) is 48.8 cm³/mol. The van der Waals surface area contributed by atoms with Crippen LogP contribution in [0.5, 0.6) is 0 Å². The maximum atomic E-state index is 11.6. The molecule has 0 spiro atoms. The van der Waals surface area contributed by atoms with E-state index < -0.39 is 0 Å². The summed E-state index contributed by atoms with van der Waals surface area (Å²) in [6, 6.07) is 0. The van der Waals surface area contributed by atoms with Crippen LogP contribution in [0.15, 0.2) is 12.2 Å². The maximum Gasteiger partial charge on any atom is 0.136 e. The van der Waals surface area contributed by atoms with Gasteiger partial charge >= 0.3 is 0 Å². The summed E-state index contributed by atoms with van der Waals surface area (Å²) in [5.74, 6) is 0.403. The van der Waals surface area contributed by atoms with E-state index in [-0.39, 0.29) is 5.41 Å².